The number of nitrogens with one attached hydrogen (secondary N) is 1. The highest BCUT2D eigenvalue weighted by Gasteiger charge is 2.18. The van der Waals surface area contributed by atoms with Gasteiger partial charge in [-0.05, 0) is 43.8 Å². The van der Waals surface area contributed by atoms with Crippen molar-refractivity contribution in [1.82, 2.24) is 15.2 Å². The molecule has 0 bridgehead atoms. The highest BCUT2D eigenvalue weighted by Crippen LogP contribution is 2.26. The molecular formula is C24H27F2N3O2. The minimum absolute atomic E-state index is 0.00852. The molecule has 0 radical (unpaired) electrons. The molecule has 0 fully saturated rings. The molecule has 1 aromatic heterocycles. The van der Waals surface area contributed by atoms with Crippen LogP contribution in [-0.4, -0.2) is 36.4 Å². The van der Waals surface area contributed by atoms with Crippen molar-refractivity contribution in [2.75, 3.05) is 20.6 Å². The first-order chi connectivity index (χ1) is 14.9. The number of nitrogens with zero attached hydrogens (tertiary/aromatic N) is 2. The third-order valence-electron chi connectivity index (χ3n) is 5.22. The van der Waals surface area contributed by atoms with Crippen LogP contribution in [0.4, 0.5) is 8.78 Å². The second kappa shape index (κ2) is 10.3. The van der Waals surface area contributed by atoms with E-state index in [1.165, 1.54) is 17.8 Å². The summed E-state index contributed by atoms with van der Waals surface area (Å²) in [5.41, 5.74) is 2.14. The van der Waals surface area contributed by atoms with E-state index in [2.05, 4.69) is 46.4 Å². The highest BCUT2D eigenvalue weighted by atomic mass is 19.1. The second-order valence-electron chi connectivity index (χ2n) is 7.59. The quantitative estimate of drug-likeness (QED) is 0.545. The number of oxazole rings is 1. The van der Waals surface area contributed by atoms with Crippen molar-refractivity contribution in [3.63, 3.8) is 0 Å². The van der Waals surface area contributed by atoms with Crippen LogP contribution in [0, 0.1) is 11.6 Å². The van der Waals surface area contributed by atoms with Gasteiger partial charge in [0.15, 0.2) is 11.7 Å². The van der Waals surface area contributed by atoms with Crippen molar-refractivity contribution in [1.29, 1.82) is 0 Å². The Balaban J connectivity index is 1.55. The van der Waals surface area contributed by atoms with Crippen molar-refractivity contribution in [3.8, 4) is 11.3 Å². The van der Waals surface area contributed by atoms with Gasteiger partial charge >= 0.3 is 0 Å². The predicted molar refractivity (Wildman–Crippen MR) is 115 cm³/mol. The number of rotatable bonds is 9. The molecule has 5 nitrogen and oxygen atoms in total. The Morgan fingerprint density at radius 3 is 2.42 bits per heavy atom. The van der Waals surface area contributed by atoms with Crippen molar-refractivity contribution in [2.24, 2.45) is 0 Å². The van der Waals surface area contributed by atoms with Crippen molar-refractivity contribution >= 4 is 5.91 Å². The summed E-state index contributed by atoms with van der Waals surface area (Å²) in [5, 5.41) is 2.95. The van der Waals surface area contributed by atoms with Crippen molar-refractivity contribution in [2.45, 2.75) is 32.2 Å². The predicted octanol–water partition coefficient (Wildman–Crippen LogP) is 4.53. The van der Waals surface area contributed by atoms with Gasteiger partial charge in [0.2, 0.25) is 5.91 Å². The lowest BCUT2D eigenvalue weighted by Gasteiger charge is -2.25. The number of amides is 1. The molecule has 1 unspecified atom stereocenters. The Bertz CT molecular complexity index is 996. The largest absolute Gasteiger partial charge is 0.441 e. The lowest BCUT2D eigenvalue weighted by molar-refractivity contribution is -0.121. The summed E-state index contributed by atoms with van der Waals surface area (Å²) in [5.74, 6) is -1.32. The zero-order valence-corrected chi connectivity index (χ0v) is 18.0. The van der Waals surface area contributed by atoms with Crippen LogP contribution in [-0.2, 0) is 17.6 Å². The standard InChI is InChI=1S/C24H27F2N3O2/c1-4-16-8-10-17(11-9-16)20(29(2)3)14-27-22(30)12-13-23-28-15-21(31-23)24-18(25)6-5-7-19(24)26/h5-11,15,20H,4,12-14H2,1-3H3,(H,27,30). The Hall–Kier alpha value is -3.06. The highest BCUT2D eigenvalue weighted by molar-refractivity contribution is 5.76. The number of hydrogen-bond donors (Lipinski definition) is 1. The van der Waals surface area contributed by atoms with Crippen LogP contribution < -0.4 is 5.32 Å². The fourth-order valence-electron chi connectivity index (χ4n) is 3.37. The van der Waals surface area contributed by atoms with Gasteiger partial charge in [-0.15, -0.1) is 0 Å². The summed E-state index contributed by atoms with van der Waals surface area (Å²) in [6.07, 6.45) is 2.65. The lowest BCUT2D eigenvalue weighted by atomic mass is 10.0. The number of carbonyl (C=O) groups is 1. The van der Waals surface area contributed by atoms with E-state index in [0.717, 1.165) is 24.1 Å². The molecular weight excluding hydrogens is 400 g/mol. The van der Waals surface area contributed by atoms with Crippen LogP contribution in [0.2, 0.25) is 0 Å². The zero-order chi connectivity index (χ0) is 22.4. The van der Waals surface area contributed by atoms with Crippen LogP contribution >= 0.6 is 0 Å². The Labute approximate surface area is 181 Å². The number of aryl methyl sites for hydroxylation is 2. The van der Waals surface area contributed by atoms with Crippen LogP contribution in [0.1, 0.15) is 36.4 Å². The van der Waals surface area contributed by atoms with Gasteiger partial charge in [0, 0.05) is 19.4 Å². The van der Waals surface area contributed by atoms with Gasteiger partial charge in [-0.3, -0.25) is 4.79 Å². The van der Waals surface area contributed by atoms with Gasteiger partial charge in [0.05, 0.1) is 17.8 Å². The van der Waals surface area contributed by atoms with E-state index in [1.54, 1.807) is 0 Å². The van der Waals surface area contributed by atoms with Crippen LogP contribution in [0.5, 0.6) is 0 Å². The molecule has 0 aliphatic heterocycles. The smallest absolute Gasteiger partial charge is 0.220 e. The number of hydrogen-bond acceptors (Lipinski definition) is 4. The van der Waals surface area contributed by atoms with E-state index in [-0.39, 0.29) is 42.0 Å². The molecule has 31 heavy (non-hydrogen) atoms. The maximum absolute atomic E-state index is 13.9. The molecule has 0 aliphatic carbocycles. The van der Waals surface area contributed by atoms with E-state index < -0.39 is 11.6 Å². The molecule has 0 saturated carbocycles. The molecule has 2 aromatic carbocycles. The summed E-state index contributed by atoms with van der Waals surface area (Å²) >= 11 is 0. The number of halogens is 2. The van der Waals surface area contributed by atoms with E-state index in [4.69, 9.17) is 4.42 Å². The van der Waals surface area contributed by atoms with E-state index in [1.807, 2.05) is 14.1 Å². The Morgan fingerprint density at radius 1 is 1.13 bits per heavy atom. The number of likely N-dealkylation sites (N-methyl/N-ethyl adjacent to an activating group) is 1. The molecule has 3 aromatic rings. The van der Waals surface area contributed by atoms with Crippen LogP contribution in [0.25, 0.3) is 11.3 Å². The van der Waals surface area contributed by atoms with E-state index in [9.17, 15) is 13.6 Å². The van der Waals surface area contributed by atoms with Gasteiger partial charge in [0.25, 0.3) is 0 Å². The van der Waals surface area contributed by atoms with Gasteiger partial charge in [-0.1, -0.05) is 37.3 Å². The molecule has 1 atom stereocenters. The first kappa shape index (κ1) is 22.6. The van der Waals surface area contributed by atoms with Gasteiger partial charge in [-0.2, -0.15) is 0 Å². The molecule has 1 heterocycles. The molecule has 1 amide bonds. The Kier molecular flexibility index (Phi) is 7.52. The minimum atomic E-state index is -0.720. The topological polar surface area (TPSA) is 58.4 Å². The fourth-order valence-corrected chi connectivity index (χ4v) is 3.37. The minimum Gasteiger partial charge on any atom is -0.441 e. The SMILES string of the molecule is CCc1ccc(C(CNC(=O)CCc2ncc(-c3c(F)cccc3F)o2)N(C)C)cc1. The van der Waals surface area contributed by atoms with Crippen LogP contribution in [0.15, 0.2) is 53.1 Å². The summed E-state index contributed by atoms with van der Waals surface area (Å²) in [4.78, 5) is 18.4. The summed E-state index contributed by atoms with van der Waals surface area (Å²) in [7, 11) is 3.95. The van der Waals surface area contributed by atoms with E-state index >= 15 is 0 Å². The van der Waals surface area contributed by atoms with Gasteiger partial charge in [-0.25, -0.2) is 13.8 Å². The number of benzene rings is 2. The molecule has 0 spiro atoms. The normalized spacial score (nSPS) is 12.2. The van der Waals surface area contributed by atoms with Gasteiger partial charge in [0.1, 0.15) is 11.6 Å². The Morgan fingerprint density at radius 2 is 1.81 bits per heavy atom. The lowest BCUT2D eigenvalue weighted by Crippen LogP contribution is -2.34. The number of carbonyl (C=O) groups excluding carboxylic acids is 1. The molecule has 1 N–H and O–H groups in total. The zero-order valence-electron chi connectivity index (χ0n) is 18.0. The van der Waals surface area contributed by atoms with Crippen molar-refractivity contribution in [3.05, 3.63) is 77.3 Å². The third-order valence-corrected chi connectivity index (χ3v) is 5.22. The number of aromatic nitrogens is 1. The third kappa shape index (κ3) is 5.76. The van der Waals surface area contributed by atoms with Gasteiger partial charge < -0.3 is 14.6 Å². The average Bonchev–Trinajstić information content (AvgIpc) is 3.21. The molecule has 0 aliphatic rings. The maximum atomic E-state index is 13.9. The maximum Gasteiger partial charge on any atom is 0.220 e. The summed E-state index contributed by atoms with van der Waals surface area (Å²) in [6.45, 7) is 2.58. The first-order valence-electron chi connectivity index (χ1n) is 10.3. The molecule has 164 valence electrons. The molecule has 0 saturated heterocycles. The second-order valence-corrected chi connectivity index (χ2v) is 7.59. The molecule has 7 heteroatoms. The monoisotopic (exact) mass is 427 g/mol. The average molecular weight is 427 g/mol. The summed E-state index contributed by atoms with van der Waals surface area (Å²) in [6, 6.07) is 12.0. The molecule has 3 rings (SSSR count). The van der Waals surface area contributed by atoms with E-state index in [0.29, 0.717) is 6.54 Å². The summed E-state index contributed by atoms with van der Waals surface area (Å²) < 4.78 is 33.2. The first-order valence-corrected chi connectivity index (χ1v) is 10.3. The van der Waals surface area contributed by atoms with Crippen molar-refractivity contribution < 1.29 is 18.0 Å². The fraction of sp³-hybridized carbons (Fsp3) is 0.333. The van der Waals surface area contributed by atoms with Crippen LogP contribution in [0.3, 0.4) is 0 Å².